The summed E-state index contributed by atoms with van der Waals surface area (Å²) in [6.45, 7) is 17.3. The Kier molecular flexibility index (Phi) is 13.6. The van der Waals surface area contributed by atoms with Crippen molar-refractivity contribution in [3.8, 4) is 107 Å². The first-order valence-electron chi connectivity index (χ1n) is 30.8. The SMILES string of the molecule is Cc1cc(C)cc(-c2ccc3c(c2)c2cc(-c4cc(C)cc(C)c4)ccc2n3-c2cc(-c3nc(-c4ccccc4)nc(-c4ccccc4)n3)ccc2-c2cccc(-n3c4ccc(-c5cc(C)cc(C)c5)cc4c4cc(-c5cc(C)cc(C)c5)ccc43)c2C#N)c1. The Labute approximate surface area is 525 Å². The Morgan fingerprint density at radius 2 is 0.578 bits per heavy atom. The zero-order chi connectivity index (χ0) is 61.5. The van der Waals surface area contributed by atoms with Crippen LogP contribution in [0.3, 0.4) is 0 Å². The molecule has 15 aromatic rings. The fourth-order valence-corrected chi connectivity index (χ4v) is 13.9. The Morgan fingerprint density at radius 3 is 0.922 bits per heavy atom. The lowest BCUT2D eigenvalue weighted by molar-refractivity contribution is 1.07. The molecule has 0 aliphatic carbocycles. The van der Waals surface area contributed by atoms with Crippen LogP contribution in [0.4, 0.5) is 0 Å². The number of nitrogens with zero attached hydrogens (tertiary/aromatic N) is 6. The van der Waals surface area contributed by atoms with Crippen LogP contribution in [0.1, 0.15) is 50.1 Å². The molecular formula is C84H64N6. The highest BCUT2D eigenvalue weighted by molar-refractivity contribution is 6.14. The maximum Gasteiger partial charge on any atom is 0.164 e. The number of rotatable bonds is 10. The summed E-state index contributed by atoms with van der Waals surface area (Å²) >= 11 is 0. The summed E-state index contributed by atoms with van der Waals surface area (Å²) in [7, 11) is 0. The zero-order valence-corrected chi connectivity index (χ0v) is 51.8. The molecule has 6 nitrogen and oxygen atoms in total. The largest absolute Gasteiger partial charge is 0.309 e. The van der Waals surface area contributed by atoms with Crippen molar-refractivity contribution in [1.82, 2.24) is 24.1 Å². The van der Waals surface area contributed by atoms with Gasteiger partial charge in [0.2, 0.25) is 0 Å². The molecule has 6 heteroatoms. The predicted octanol–water partition coefficient (Wildman–Crippen LogP) is 21.7. The van der Waals surface area contributed by atoms with E-state index in [1.165, 1.54) is 66.8 Å². The highest BCUT2D eigenvalue weighted by Crippen LogP contribution is 2.45. The second kappa shape index (κ2) is 22.2. The molecule has 3 heterocycles. The maximum absolute atomic E-state index is 12.0. The van der Waals surface area contributed by atoms with Gasteiger partial charge in [-0.2, -0.15) is 5.26 Å². The van der Waals surface area contributed by atoms with Crippen LogP contribution in [-0.2, 0) is 0 Å². The average Bonchev–Trinajstić information content (AvgIpc) is 1.56. The molecule has 0 N–H and O–H groups in total. The van der Waals surface area contributed by atoms with Crippen molar-refractivity contribution in [2.24, 2.45) is 0 Å². The van der Waals surface area contributed by atoms with Crippen LogP contribution >= 0.6 is 0 Å². The fraction of sp³-hybridized carbons (Fsp3) is 0.0952. The van der Waals surface area contributed by atoms with E-state index in [9.17, 15) is 5.26 Å². The van der Waals surface area contributed by atoms with Crippen LogP contribution in [0, 0.1) is 66.7 Å². The van der Waals surface area contributed by atoms with Crippen molar-refractivity contribution in [3.05, 3.63) is 293 Å². The van der Waals surface area contributed by atoms with Gasteiger partial charge in [-0.25, -0.2) is 15.0 Å². The first-order valence-corrected chi connectivity index (χ1v) is 30.8. The highest BCUT2D eigenvalue weighted by Gasteiger charge is 2.25. The molecule has 0 aliphatic heterocycles. The molecule has 0 aliphatic rings. The number of benzene rings is 12. The van der Waals surface area contributed by atoms with Crippen LogP contribution < -0.4 is 0 Å². The van der Waals surface area contributed by atoms with Crippen molar-refractivity contribution in [2.45, 2.75) is 55.4 Å². The smallest absolute Gasteiger partial charge is 0.164 e. The summed E-state index contributed by atoms with van der Waals surface area (Å²) in [5.41, 5.74) is 29.6. The molecule has 3 aromatic heterocycles. The first-order chi connectivity index (χ1) is 43.8. The number of nitriles is 1. The van der Waals surface area contributed by atoms with E-state index in [1.807, 2.05) is 60.7 Å². The normalized spacial score (nSPS) is 11.5. The van der Waals surface area contributed by atoms with E-state index in [4.69, 9.17) is 15.0 Å². The number of hydrogen-bond acceptors (Lipinski definition) is 4. The van der Waals surface area contributed by atoms with Crippen LogP contribution in [0.2, 0.25) is 0 Å². The first kappa shape index (κ1) is 55.3. The summed E-state index contributed by atoms with van der Waals surface area (Å²) in [4.78, 5) is 15.7. The molecule has 0 amide bonds. The molecule has 0 saturated heterocycles. The predicted molar refractivity (Wildman–Crippen MR) is 375 cm³/mol. The second-order valence-corrected chi connectivity index (χ2v) is 24.7. The molecule has 90 heavy (non-hydrogen) atoms. The van der Waals surface area contributed by atoms with E-state index in [0.29, 0.717) is 23.0 Å². The third kappa shape index (κ3) is 10.0. The molecule has 0 unspecified atom stereocenters. The van der Waals surface area contributed by atoms with Gasteiger partial charge in [0, 0.05) is 49.4 Å². The third-order valence-corrected chi connectivity index (χ3v) is 17.6. The van der Waals surface area contributed by atoms with Crippen LogP contribution in [0.25, 0.3) is 145 Å². The molecular weight excluding hydrogens is 1090 g/mol. The van der Waals surface area contributed by atoms with E-state index in [0.717, 1.165) is 105 Å². The van der Waals surface area contributed by atoms with Crippen molar-refractivity contribution in [1.29, 1.82) is 5.26 Å². The molecule has 15 rings (SSSR count). The van der Waals surface area contributed by atoms with Crippen LogP contribution in [-0.4, -0.2) is 24.1 Å². The van der Waals surface area contributed by atoms with E-state index in [1.54, 1.807) is 0 Å². The second-order valence-electron chi connectivity index (χ2n) is 24.7. The lowest BCUT2D eigenvalue weighted by Gasteiger charge is -2.19. The lowest BCUT2D eigenvalue weighted by atomic mass is 9.95. The molecule has 0 fully saturated rings. The average molecular weight is 1160 g/mol. The molecule has 430 valence electrons. The summed E-state index contributed by atoms with van der Waals surface area (Å²) in [6, 6.07) is 90.4. The quantitative estimate of drug-likeness (QED) is 0.137. The van der Waals surface area contributed by atoms with Gasteiger partial charge in [0.25, 0.3) is 0 Å². The highest BCUT2D eigenvalue weighted by atomic mass is 15.0. The Hall–Kier alpha value is -11.3. The van der Waals surface area contributed by atoms with Gasteiger partial charge < -0.3 is 9.13 Å². The van der Waals surface area contributed by atoms with Crippen LogP contribution in [0.5, 0.6) is 0 Å². The van der Waals surface area contributed by atoms with Crippen molar-refractivity contribution in [3.63, 3.8) is 0 Å². The van der Waals surface area contributed by atoms with Crippen molar-refractivity contribution in [2.75, 3.05) is 0 Å². The number of fused-ring (bicyclic) bond motifs is 6. The molecule has 0 bridgehead atoms. The molecule has 0 spiro atoms. The number of aryl methyl sites for hydroxylation is 8. The van der Waals surface area contributed by atoms with E-state index >= 15 is 0 Å². The van der Waals surface area contributed by atoms with E-state index < -0.39 is 0 Å². The van der Waals surface area contributed by atoms with Gasteiger partial charge in [-0.15, -0.1) is 0 Å². The van der Waals surface area contributed by atoms with E-state index in [2.05, 4.69) is 253 Å². The Morgan fingerprint density at radius 1 is 0.256 bits per heavy atom. The van der Waals surface area contributed by atoms with Gasteiger partial charge in [-0.05, 0) is 161 Å². The van der Waals surface area contributed by atoms with Gasteiger partial charge in [0.1, 0.15) is 6.07 Å². The summed E-state index contributed by atoms with van der Waals surface area (Å²) in [5.74, 6) is 1.69. The van der Waals surface area contributed by atoms with E-state index in [-0.39, 0.29) is 0 Å². The monoisotopic (exact) mass is 1160 g/mol. The van der Waals surface area contributed by atoms with Gasteiger partial charge in [-0.3, -0.25) is 0 Å². The third-order valence-electron chi connectivity index (χ3n) is 17.6. The number of aromatic nitrogens is 5. The minimum absolute atomic E-state index is 0.533. The summed E-state index contributed by atoms with van der Waals surface area (Å²) in [6.07, 6.45) is 0. The van der Waals surface area contributed by atoms with Crippen molar-refractivity contribution >= 4 is 43.6 Å². The molecule has 12 aromatic carbocycles. The topological polar surface area (TPSA) is 72.3 Å². The number of hydrogen-bond donors (Lipinski definition) is 0. The Balaban J connectivity index is 1.01. The molecule has 0 atom stereocenters. The minimum Gasteiger partial charge on any atom is -0.309 e. The van der Waals surface area contributed by atoms with Gasteiger partial charge in [0.15, 0.2) is 17.5 Å². The van der Waals surface area contributed by atoms with Crippen LogP contribution in [0.15, 0.2) is 243 Å². The summed E-state index contributed by atoms with van der Waals surface area (Å²) < 4.78 is 4.71. The standard InChI is InChI=1S/C84H64N6/c1-50-32-51(2)37-65(36-50)60-23-28-77-71(44-60)72-45-61(66-38-52(3)33-53(4)39-66)24-29-78(72)89(77)76-21-15-20-69(75(76)49-85)70-27-22-64(84-87-82(58-16-11-9-12-17-58)86-83(88-84)59-18-13-10-14-19-59)48-81(70)90-79-30-25-62(67-40-54(5)34-55(6)41-67)46-73(79)74-47-63(26-31-80(74)90)68-42-56(7)35-57(8)43-68/h9-48H,1-8H3. The lowest BCUT2D eigenvalue weighted by Crippen LogP contribution is -2.04. The molecule has 0 saturated carbocycles. The fourth-order valence-electron chi connectivity index (χ4n) is 13.9. The van der Waals surface area contributed by atoms with Gasteiger partial charge in [0.05, 0.1) is 39.0 Å². The Bertz CT molecular complexity index is 5110. The zero-order valence-electron chi connectivity index (χ0n) is 51.8. The molecule has 0 radical (unpaired) electrons. The van der Waals surface area contributed by atoms with Crippen molar-refractivity contribution < 1.29 is 0 Å². The minimum atomic E-state index is 0.533. The van der Waals surface area contributed by atoms with Gasteiger partial charge >= 0.3 is 0 Å². The van der Waals surface area contributed by atoms with Gasteiger partial charge in [-0.1, -0.05) is 226 Å². The maximum atomic E-state index is 12.0. The summed E-state index contributed by atoms with van der Waals surface area (Å²) in [5, 5.41) is 16.5.